The molecule has 0 saturated heterocycles. The average molecular weight is 331 g/mol. The number of nitrogens with zero attached hydrogens (tertiary/aromatic N) is 2. The van der Waals surface area contributed by atoms with Gasteiger partial charge < -0.3 is 10.2 Å². The number of urea groups is 1. The van der Waals surface area contributed by atoms with E-state index in [4.69, 9.17) is 0 Å². The second-order valence-electron chi connectivity index (χ2n) is 6.82. The summed E-state index contributed by atoms with van der Waals surface area (Å²) in [4.78, 5) is 18.5. The van der Waals surface area contributed by atoms with E-state index in [0.29, 0.717) is 13.1 Å². The van der Waals surface area contributed by atoms with E-state index in [1.54, 1.807) is 16.2 Å². The summed E-state index contributed by atoms with van der Waals surface area (Å²) in [5, 5.41) is 5.94. The number of carbonyl (C=O) groups excluding carboxylic acids is 1. The van der Waals surface area contributed by atoms with Crippen molar-refractivity contribution in [3.63, 3.8) is 0 Å². The van der Waals surface area contributed by atoms with Gasteiger partial charge in [0.25, 0.3) is 0 Å². The minimum absolute atomic E-state index is 0.0421. The zero-order valence-electron chi connectivity index (χ0n) is 14.5. The minimum atomic E-state index is -0.0826. The number of nitrogens with one attached hydrogen (secondary N) is 1. The first kappa shape index (κ1) is 17.5. The minimum Gasteiger partial charge on any atom is -0.331 e. The summed E-state index contributed by atoms with van der Waals surface area (Å²) in [7, 11) is 1.81. The maximum Gasteiger partial charge on any atom is 0.317 e. The molecular formula is C18H25N3OS. The molecule has 0 aliphatic heterocycles. The smallest absolute Gasteiger partial charge is 0.317 e. The molecule has 0 saturated carbocycles. The lowest BCUT2D eigenvalue weighted by Crippen LogP contribution is -2.36. The van der Waals surface area contributed by atoms with Crippen molar-refractivity contribution in [1.29, 1.82) is 0 Å². The molecule has 0 bridgehead atoms. The van der Waals surface area contributed by atoms with Gasteiger partial charge in [0.2, 0.25) is 0 Å². The van der Waals surface area contributed by atoms with Gasteiger partial charge in [0.15, 0.2) is 0 Å². The van der Waals surface area contributed by atoms with Crippen LogP contribution in [-0.4, -0.2) is 23.0 Å². The van der Waals surface area contributed by atoms with E-state index >= 15 is 0 Å². The van der Waals surface area contributed by atoms with Gasteiger partial charge in [0.05, 0.1) is 12.2 Å². The number of hydrogen-bond donors (Lipinski definition) is 1. The van der Waals surface area contributed by atoms with Gasteiger partial charge in [0.1, 0.15) is 5.01 Å². The van der Waals surface area contributed by atoms with Crippen LogP contribution in [0.15, 0.2) is 29.6 Å². The number of thiazole rings is 1. The van der Waals surface area contributed by atoms with Crippen molar-refractivity contribution in [3.8, 4) is 0 Å². The molecule has 0 fully saturated rings. The number of carbonyl (C=O) groups is 1. The van der Waals surface area contributed by atoms with Crippen molar-refractivity contribution in [1.82, 2.24) is 15.2 Å². The standard InChI is InChI=1S/C18H25N3OS/c1-13-8-6-7-9-14(13)11-21(5)17(22)19-10-16-20-15(12-23-16)18(2,3)4/h6-9,12H,10-11H2,1-5H3,(H,19,22). The molecule has 0 unspecified atom stereocenters. The second-order valence-corrected chi connectivity index (χ2v) is 7.76. The van der Waals surface area contributed by atoms with Crippen LogP contribution in [0.3, 0.4) is 0 Å². The average Bonchev–Trinajstić information content (AvgIpc) is 2.96. The van der Waals surface area contributed by atoms with Gasteiger partial charge in [-0.2, -0.15) is 0 Å². The number of amides is 2. The summed E-state index contributed by atoms with van der Waals surface area (Å²) in [6, 6.07) is 8.03. The lowest BCUT2D eigenvalue weighted by molar-refractivity contribution is 0.206. The van der Waals surface area contributed by atoms with E-state index in [9.17, 15) is 4.79 Å². The number of benzene rings is 1. The molecule has 0 radical (unpaired) electrons. The topological polar surface area (TPSA) is 45.2 Å². The molecule has 2 aromatic rings. The van der Waals surface area contributed by atoms with Crippen LogP contribution in [0.25, 0.3) is 0 Å². The maximum absolute atomic E-state index is 12.2. The lowest BCUT2D eigenvalue weighted by atomic mass is 9.93. The van der Waals surface area contributed by atoms with E-state index in [1.165, 1.54) is 5.56 Å². The SMILES string of the molecule is Cc1ccccc1CN(C)C(=O)NCc1nc(C(C)(C)C)cs1. The summed E-state index contributed by atoms with van der Waals surface area (Å²) < 4.78 is 0. The Bertz CT molecular complexity index is 673. The molecule has 0 spiro atoms. The van der Waals surface area contributed by atoms with Gasteiger partial charge in [-0.15, -0.1) is 11.3 Å². The third-order valence-electron chi connectivity index (χ3n) is 3.73. The van der Waals surface area contributed by atoms with Crippen LogP contribution >= 0.6 is 11.3 Å². The highest BCUT2D eigenvalue weighted by Gasteiger charge is 2.18. The predicted octanol–water partition coefficient (Wildman–Crippen LogP) is 4.09. The van der Waals surface area contributed by atoms with Crippen LogP contribution < -0.4 is 5.32 Å². The summed E-state index contributed by atoms with van der Waals surface area (Å²) in [5.74, 6) is 0. The molecule has 2 rings (SSSR count). The molecule has 0 aliphatic carbocycles. The molecule has 2 amide bonds. The van der Waals surface area contributed by atoms with Crippen LogP contribution in [0.5, 0.6) is 0 Å². The highest BCUT2D eigenvalue weighted by Crippen LogP contribution is 2.23. The normalized spacial score (nSPS) is 11.3. The largest absolute Gasteiger partial charge is 0.331 e. The van der Waals surface area contributed by atoms with E-state index < -0.39 is 0 Å². The van der Waals surface area contributed by atoms with Crippen LogP contribution in [-0.2, 0) is 18.5 Å². The Kier molecular flexibility index (Phi) is 5.42. The predicted molar refractivity (Wildman–Crippen MR) is 95.7 cm³/mol. The lowest BCUT2D eigenvalue weighted by Gasteiger charge is -2.19. The fourth-order valence-electron chi connectivity index (χ4n) is 2.14. The van der Waals surface area contributed by atoms with Crippen LogP contribution in [0.1, 0.15) is 42.6 Å². The molecule has 1 aromatic heterocycles. The summed E-state index contributed by atoms with van der Waals surface area (Å²) in [6.45, 7) is 9.55. The van der Waals surface area contributed by atoms with Crippen LogP contribution in [0.4, 0.5) is 4.79 Å². The zero-order valence-corrected chi connectivity index (χ0v) is 15.3. The Morgan fingerprint density at radius 1 is 1.30 bits per heavy atom. The van der Waals surface area contributed by atoms with Crippen molar-refractivity contribution in [3.05, 3.63) is 51.5 Å². The highest BCUT2D eigenvalue weighted by atomic mass is 32.1. The van der Waals surface area contributed by atoms with Gasteiger partial charge in [-0.3, -0.25) is 0 Å². The monoisotopic (exact) mass is 331 g/mol. The van der Waals surface area contributed by atoms with Gasteiger partial charge in [-0.25, -0.2) is 9.78 Å². The molecule has 0 aliphatic rings. The molecule has 1 aromatic carbocycles. The Labute approximate surface area is 142 Å². The third kappa shape index (κ3) is 4.79. The summed E-state index contributed by atoms with van der Waals surface area (Å²) in [6.07, 6.45) is 0. The second kappa shape index (κ2) is 7.13. The summed E-state index contributed by atoms with van der Waals surface area (Å²) >= 11 is 1.59. The highest BCUT2D eigenvalue weighted by molar-refractivity contribution is 7.09. The van der Waals surface area contributed by atoms with Crippen molar-refractivity contribution in [2.24, 2.45) is 0 Å². The molecule has 1 heterocycles. The first-order valence-electron chi connectivity index (χ1n) is 7.75. The Morgan fingerprint density at radius 3 is 2.61 bits per heavy atom. The molecular weight excluding hydrogens is 306 g/mol. The van der Waals surface area contributed by atoms with Gasteiger partial charge in [0, 0.05) is 24.4 Å². The fourth-order valence-corrected chi connectivity index (χ4v) is 3.10. The van der Waals surface area contributed by atoms with E-state index in [2.05, 4.69) is 55.5 Å². The van der Waals surface area contributed by atoms with E-state index in [1.807, 2.05) is 19.2 Å². The van der Waals surface area contributed by atoms with E-state index in [0.717, 1.165) is 16.3 Å². The van der Waals surface area contributed by atoms with E-state index in [-0.39, 0.29) is 11.4 Å². The van der Waals surface area contributed by atoms with Gasteiger partial charge in [-0.05, 0) is 18.1 Å². The van der Waals surface area contributed by atoms with Crippen molar-refractivity contribution < 1.29 is 4.79 Å². The molecule has 0 atom stereocenters. The summed E-state index contributed by atoms with van der Waals surface area (Å²) in [5.41, 5.74) is 3.47. The van der Waals surface area contributed by atoms with Gasteiger partial charge >= 0.3 is 6.03 Å². The first-order chi connectivity index (χ1) is 10.8. The van der Waals surface area contributed by atoms with Crippen LogP contribution in [0.2, 0.25) is 0 Å². The Balaban J connectivity index is 1.89. The van der Waals surface area contributed by atoms with Crippen LogP contribution in [0, 0.1) is 6.92 Å². The number of rotatable bonds is 4. The maximum atomic E-state index is 12.2. The van der Waals surface area contributed by atoms with Crippen molar-refractivity contribution in [2.75, 3.05) is 7.05 Å². The Hall–Kier alpha value is -1.88. The molecule has 1 N–H and O–H groups in total. The first-order valence-corrected chi connectivity index (χ1v) is 8.63. The Morgan fingerprint density at radius 2 is 2.00 bits per heavy atom. The number of hydrogen-bond acceptors (Lipinski definition) is 3. The quantitative estimate of drug-likeness (QED) is 0.917. The van der Waals surface area contributed by atoms with Crippen molar-refractivity contribution in [2.45, 2.75) is 46.2 Å². The van der Waals surface area contributed by atoms with Crippen molar-refractivity contribution >= 4 is 17.4 Å². The third-order valence-corrected chi connectivity index (χ3v) is 4.58. The molecule has 124 valence electrons. The number of aryl methyl sites for hydroxylation is 1. The van der Waals surface area contributed by atoms with Gasteiger partial charge in [-0.1, -0.05) is 45.0 Å². The number of aromatic nitrogens is 1. The molecule has 23 heavy (non-hydrogen) atoms. The zero-order chi connectivity index (χ0) is 17.0. The molecule has 4 nitrogen and oxygen atoms in total. The fraction of sp³-hybridized carbons (Fsp3) is 0.444. The molecule has 5 heteroatoms.